The molecule has 0 aliphatic rings. The standard InChI is InChI=1S/C7H7F3O2S/c1-11-5-2-3-6(13-5)12-4-7(8,9)10/h2-3H,4H2,1H3. The van der Waals surface area contributed by atoms with Crippen LogP contribution in [-0.2, 0) is 0 Å². The number of hydrogen-bond donors (Lipinski definition) is 0. The van der Waals surface area contributed by atoms with Crippen LogP contribution in [0.25, 0.3) is 0 Å². The Bertz CT molecular complexity index is 269. The van der Waals surface area contributed by atoms with Gasteiger partial charge in [0, 0.05) is 0 Å². The van der Waals surface area contributed by atoms with Gasteiger partial charge in [0.05, 0.1) is 7.11 Å². The molecule has 0 fully saturated rings. The average molecular weight is 212 g/mol. The predicted molar refractivity (Wildman–Crippen MR) is 42.4 cm³/mol. The number of hydrogen-bond acceptors (Lipinski definition) is 3. The van der Waals surface area contributed by atoms with Crippen LogP contribution in [0.4, 0.5) is 13.2 Å². The summed E-state index contributed by atoms with van der Waals surface area (Å²) in [7, 11) is 1.44. The topological polar surface area (TPSA) is 18.5 Å². The first kappa shape index (κ1) is 10.2. The molecule has 0 atom stereocenters. The van der Waals surface area contributed by atoms with Crippen LogP contribution in [0.3, 0.4) is 0 Å². The van der Waals surface area contributed by atoms with Crippen LogP contribution in [0, 0.1) is 0 Å². The van der Waals surface area contributed by atoms with E-state index < -0.39 is 12.8 Å². The minimum atomic E-state index is -4.29. The second-order valence-electron chi connectivity index (χ2n) is 2.18. The number of halogens is 3. The third-order valence-electron chi connectivity index (χ3n) is 1.14. The first-order valence-electron chi connectivity index (χ1n) is 3.34. The van der Waals surface area contributed by atoms with Gasteiger partial charge in [-0.3, -0.25) is 0 Å². The van der Waals surface area contributed by atoms with Crippen LogP contribution < -0.4 is 9.47 Å². The molecule has 0 saturated carbocycles. The third kappa shape index (κ3) is 3.54. The van der Waals surface area contributed by atoms with E-state index in [0.717, 1.165) is 11.3 Å². The lowest BCUT2D eigenvalue weighted by atomic mass is 10.6. The van der Waals surface area contributed by atoms with E-state index in [-0.39, 0.29) is 5.06 Å². The molecule has 0 spiro atoms. The number of rotatable bonds is 3. The SMILES string of the molecule is COc1ccc(OCC(F)(F)F)s1. The van der Waals surface area contributed by atoms with Gasteiger partial charge in [0.1, 0.15) is 0 Å². The van der Waals surface area contributed by atoms with Gasteiger partial charge in [-0.05, 0) is 12.1 Å². The first-order chi connectivity index (χ1) is 6.01. The van der Waals surface area contributed by atoms with E-state index in [1.165, 1.54) is 13.2 Å². The molecule has 0 bridgehead atoms. The summed E-state index contributed by atoms with van der Waals surface area (Å²) in [5, 5.41) is 0.728. The summed E-state index contributed by atoms with van der Waals surface area (Å²) in [6, 6.07) is 2.99. The molecule has 13 heavy (non-hydrogen) atoms. The molecule has 1 aromatic heterocycles. The summed E-state index contributed by atoms with van der Waals surface area (Å²) in [6.45, 7) is -1.27. The fourth-order valence-corrected chi connectivity index (χ4v) is 1.32. The van der Waals surface area contributed by atoms with E-state index in [1.807, 2.05) is 0 Å². The van der Waals surface area contributed by atoms with Gasteiger partial charge in [0.15, 0.2) is 16.7 Å². The van der Waals surface area contributed by atoms with Gasteiger partial charge in [0.2, 0.25) is 0 Å². The normalized spacial score (nSPS) is 11.4. The van der Waals surface area contributed by atoms with Gasteiger partial charge in [-0.15, -0.1) is 0 Å². The molecule has 1 aromatic rings. The zero-order chi connectivity index (χ0) is 9.90. The first-order valence-corrected chi connectivity index (χ1v) is 4.16. The van der Waals surface area contributed by atoms with E-state index in [0.29, 0.717) is 5.06 Å². The summed E-state index contributed by atoms with van der Waals surface area (Å²) in [4.78, 5) is 0. The van der Waals surface area contributed by atoms with E-state index in [2.05, 4.69) is 4.74 Å². The van der Waals surface area contributed by atoms with Crippen molar-refractivity contribution in [2.75, 3.05) is 13.7 Å². The molecule has 0 aromatic carbocycles. The Morgan fingerprint density at radius 1 is 1.31 bits per heavy atom. The van der Waals surface area contributed by atoms with Crippen LogP contribution in [0.2, 0.25) is 0 Å². The summed E-state index contributed by atoms with van der Waals surface area (Å²) in [6.07, 6.45) is -4.29. The van der Waals surface area contributed by atoms with E-state index in [9.17, 15) is 13.2 Å². The van der Waals surface area contributed by atoms with E-state index >= 15 is 0 Å². The zero-order valence-corrected chi connectivity index (χ0v) is 7.54. The molecule has 0 amide bonds. The molecule has 2 nitrogen and oxygen atoms in total. The maximum absolute atomic E-state index is 11.7. The Hall–Kier alpha value is -0.910. The summed E-state index contributed by atoms with van der Waals surface area (Å²) < 4.78 is 44.3. The molecular formula is C7H7F3O2S. The predicted octanol–water partition coefficient (Wildman–Crippen LogP) is 2.70. The maximum Gasteiger partial charge on any atom is 0.422 e. The summed E-state index contributed by atoms with van der Waals surface area (Å²) in [5.74, 6) is 0. The van der Waals surface area contributed by atoms with Crippen molar-refractivity contribution in [3.8, 4) is 10.1 Å². The monoisotopic (exact) mass is 212 g/mol. The molecular weight excluding hydrogens is 205 g/mol. The fraction of sp³-hybridized carbons (Fsp3) is 0.429. The highest BCUT2D eigenvalue weighted by Crippen LogP contribution is 2.31. The van der Waals surface area contributed by atoms with E-state index in [4.69, 9.17) is 4.74 Å². The molecule has 74 valence electrons. The highest BCUT2D eigenvalue weighted by atomic mass is 32.1. The molecule has 0 saturated heterocycles. The molecule has 0 radical (unpaired) electrons. The lowest BCUT2D eigenvalue weighted by Crippen LogP contribution is -2.18. The average Bonchev–Trinajstić information content (AvgIpc) is 2.47. The Morgan fingerprint density at radius 3 is 2.38 bits per heavy atom. The van der Waals surface area contributed by atoms with Gasteiger partial charge in [-0.1, -0.05) is 11.3 Å². The number of methoxy groups -OCH3 is 1. The highest BCUT2D eigenvalue weighted by Gasteiger charge is 2.28. The second-order valence-corrected chi connectivity index (χ2v) is 3.19. The number of ether oxygens (including phenoxy) is 2. The van der Waals surface area contributed by atoms with Crippen molar-refractivity contribution in [2.24, 2.45) is 0 Å². The van der Waals surface area contributed by atoms with Crippen molar-refractivity contribution < 1.29 is 22.6 Å². The molecule has 0 aliphatic heterocycles. The lowest BCUT2D eigenvalue weighted by molar-refractivity contribution is -0.152. The van der Waals surface area contributed by atoms with Crippen molar-refractivity contribution in [3.05, 3.63) is 12.1 Å². The van der Waals surface area contributed by atoms with Crippen molar-refractivity contribution in [3.63, 3.8) is 0 Å². The summed E-state index contributed by atoms with van der Waals surface area (Å²) in [5.41, 5.74) is 0. The highest BCUT2D eigenvalue weighted by molar-refractivity contribution is 7.15. The van der Waals surface area contributed by atoms with Crippen LogP contribution in [0.5, 0.6) is 10.1 Å². The minimum absolute atomic E-state index is 0.203. The zero-order valence-electron chi connectivity index (χ0n) is 6.72. The van der Waals surface area contributed by atoms with Gasteiger partial charge in [-0.2, -0.15) is 13.2 Å². The van der Waals surface area contributed by atoms with Crippen molar-refractivity contribution >= 4 is 11.3 Å². The Balaban J connectivity index is 2.46. The second kappa shape index (κ2) is 3.87. The number of thiophene rings is 1. The van der Waals surface area contributed by atoms with Crippen LogP contribution >= 0.6 is 11.3 Å². The van der Waals surface area contributed by atoms with Crippen molar-refractivity contribution in [1.82, 2.24) is 0 Å². The van der Waals surface area contributed by atoms with Gasteiger partial charge in [-0.25, -0.2) is 0 Å². The van der Waals surface area contributed by atoms with E-state index in [1.54, 1.807) is 6.07 Å². The summed E-state index contributed by atoms with van der Waals surface area (Å²) >= 11 is 1.03. The molecule has 6 heteroatoms. The van der Waals surface area contributed by atoms with Crippen LogP contribution in [-0.4, -0.2) is 19.9 Å². The third-order valence-corrected chi connectivity index (χ3v) is 2.10. The van der Waals surface area contributed by atoms with Gasteiger partial charge in [0.25, 0.3) is 0 Å². The number of alkyl halides is 3. The largest absolute Gasteiger partial charge is 0.487 e. The Kier molecular flexibility index (Phi) is 3.02. The lowest BCUT2D eigenvalue weighted by Gasteiger charge is -2.05. The van der Waals surface area contributed by atoms with Crippen molar-refractivity contribution in [1.29, 1.82) is 0 Å². The Morgan fingerprint density at radius 2 is 1.92 bits per heavy atom. The Labute approximate surface area is 76.9 Å². The van der Waals surface area contributed by atoms with Gasteiger partial charge < -0.3 is 9.47 Å². The maximum atomic E-state index is 11.7. The smallest absolute Gasteiger partial charge is 0.422 e. The van der Waals surface area contributed by atoms with Crippen LogP contribution in [0.1, 0.15) is 0 Å². The molecule has 0 aliphatic carbocycles. The van der Waals surface area contributed by atoms with Gasteiger partial charge >= 0.3 is 6.18 Å². The molecule has 0 N–H and O–H groups in total. The fourth-order valence-electron chi connectivity index (χ4n) is 0.644. The molecule has 1 heterocycles. The quantitative estimate of drug-likeness (QED) is 0.766. The molecule has 0 unspecified atom stereocenters. The van der Waals surface area contributed by atoms with Crippen molar-refractivity contribution in [2.45, 2.75) is 6.18 Å². The molecule has 1 rings (SSSR count). The van der Waals surface area contributed by atoms with Crippen LogP contribution in [0.15, 0.2) is 12.1 Å². The minimum Gasteiger partial charge on any atom is -0.487 e.